The Morgan fingerprint density at radius 1 is 0.373 bits per heavy atom. The van der Waals surface area contributed by atoms with Crippen LogP contribution in [0.5, 0.6) is 0 Å². The van der Waals surface area contributed by atoms with Crippen LogP contribution in [-0.4, -0.2) is 47.4 Å². The highest BCUT2D eigenvalue weighted by atomic mass is 16.5. The molecule has 3 N–H and O–H groups in total. The Hall–Kier alpha value is -2.18. The molecule has 0 rings (SSSR count). The van der Waals surface area contributed by atoms with Crippen LogP contribution in [-0.2, 0) is 14.3 Å². The van der Waals surface area contributed by atoms with Gasteiger partial charge in [-0.1, -0.05) is 294 Å². The maximum Gasteiger partial charge on any atom is 0.305 e. The summed E-state index contributed by atoms with van der Waals surface area (Å²) in [7, 11) is 0. The molecule has 0 aromatic heterocycles. The fourth-order valence-corrected chi connectivity index (χ4v) is 10.2. The first-order valence-corrected chi connectivity index (χ1v) is 33.4. The van der Waals surface area contributed by atoms with Crippen molar-refractivity contribution < 1.29 is 24.5 Å². The standard InChI is InChI=1S/C69H129NO5/c1-3-5-7-9-11-13-15-17-19-21-23-24-25-27-29-33-37-41-45-49-53-57-61-67(72)66(65-71)70-68(73)62-58-54-50-46-42-38-34-30-28-32-36-40-44-48-52-56-60-64-75-69(74)63-59-55-51-47-43-39-35-31-26-22-20-18-16-14-12-10-8-6-4-2/h12,14,18,20,28,32,40,44,66-67,71-72H,3-11,13,15-17,19,21-27,29-31,33-39,41-43,45-65H2,1-2H3,(H,70,73)/b14-12-,20-18-,32-28-,44-40-. The van der Waals surface area contributed by atoms with E-state index in [4.69, 9.17) is 4.74 Å². The van der Waals surface area contributed by atoms with Crippen molar-refractivity contribution in [2.75, 3.05) is 13.2 Å². The second-order valence-corrected chi connectivity index (χ2v) is 22.8. The van der Waals surface area contributed by atoms with Crippen molar-refractivity contribution in [2.24, 2.45) is 0 Å². The number of rotatable bonds is 62. The minimum atomic E-state index is -0.677. The smallest absolute Gasteiger partial charge is 0.305 e. The number of aliphatic hydroxyl groups excluding tert-OH is 2. The molecule has 0 saturated heterocycles. The van der Waals surface area contributed by atoms with Gasteiger partial charge in [0, 0.05) is 12.8 Å². The third kappa shape index (κ3) is 60.9. The van der Waals surface area contributed by atoms with Crippen LogP contribution in [0, 0.1) is 0 Å². The van der Waals surface area contributed by atoms with Gasteiger partial charge in [0.1, 0.15) is 0 Å². The molecule has 0 aliphatic heterocycles. The van der Waals surface area contributed by atoms with Gasteiger partial charge in [-0.05, 0) is 96.3 Å². The Kier molecular flexibility index (Phi) is 62.5. The van der Waals surface area contributed by atoms with Gasteiger partial charge < -0.3 is 20.3 Å². The highest BCUT2D eigenvalue weighted by Crippen LogP contribution is 2.18. The number of esters is 1. The van der Waals surface area contributed by atoms with E-state index < -0.39 is 12.1 Å². The molecule has 1 amide bonds. The molecule has 0 aromatic carbocycles. The monoisotopic (exact) mass is 1050 g/mol. The van der Waals surface area contributed by atoms with Crippen LogP contribution >= 0.6 is 0 Å². The van der Waals surface area contributed by atoms with Crippen LogP contribution < -0.4 is 5.32 Å². The minimum Gasteiger partial charge on any atom is -0.466 e. The lowest BCUT2D eigenvalue weighted by atomic mass is 10.0. The summed E-state index contributed by atoms with van der Waals surface area (Å²) in [6.07, 6.45) is 82.7. The summed E-state index contributed by atoms with van der Waals surface area (Å²) in [6, 6.07) is -0.556. The van der Waals surface area contributed by atoms with E-state index in [9.17, 15) is 19.8 Å². The van der Waals surface area contributed by atoms with Crippen LogP contribution in [0.15, 0.2) is 48.6 Å². The summed E-state index contributed by atoms with van der Waals surface area (Å²) in [5, 5.41) is 23.4. The molecular formula is C69H129NO5. The van der Waals surface area contributed by atoms with Gasteiger partial charge >= 0.3 is 5.97 Å². The highest BCUT2D eigenvalue weighted by Gasteiger charge is 2.20. The van der Waals surface area contributed by atoms with Gasteiger partial charge in [-0.3, -0.25) is 9.59 Å². The lowest BCUT2D eigenvalue weighted by molar-refractivity contribution is -0.143. The number of amides is 1. The molecule has 0 bridgehead atoms. The number of nitrogens with one attached hydrogen (secondary N) is 1. The summed E-state index contributed by atoms with van der Waals surface area (Å²) in [5.74, 6) is -0.0673. The molecule has 0 spiro atoms. The minimum absolute atomic E-state index is 0.0188. The Morgan fingerprint density at radius 2 is 0.667 bits per heavy atom. The first kappa shape index (κ1) is 72.8. The topological polar surface area (TPSA) is 95.9 Å². The molecule has 0 radical (unpaired) electrons. The zero-order valence-corrected chi connectivity index (χ0v) is 50.3. The molecule has 0 saturated carbocycles. The van der Waals surface area contributed by atoms with Crippen molar-refractivity contribution in [3.05, 3.63) is 48.6 Å². The molecule has 0 heterocycles. The van der Waals surface area contributed by atoms with Crippen molar-refractivity contribution in [1.82, 2.24) is 5.32 Å². The maximum absolute atomic E-state index is 12.5. The second kappa shape index (κ2) is 64.3. The summed E-state index contributed by atoms with van der Waals surface area (Å²) in [4.78, 5) is 24.6. The van der Waals surface area contributed by atoms with E-state index in [0.29, 0.717) is 25.9 Å². The number of allylic oxidation sites excluding steroid dienone is 8. The third-order valence-corrected chi connectivity index (χ3v) is 15.4. The molecule has 6 heteroatoms. The first-order valence-electron chi connectivity index (χ1n) is 33.4. The average molecular weight is 1050 g/mol. The van der Waals surface area contributed by atoms with Crippen molar-refractivity contribution in [3.63, 3.8) is 0 Å². The Balaban J connectivity index is 3.48. The van der Waals surface area contributed by atoms with E-state index in [1.54, 1.807) is 0 Å². The largest absolute Gasteiger partial charge is 0.466 e. The molecule has 75 heavy (non-hydrogen) atoms. The van der Waals surface area contributed by atoms with Crippen LogP contribution in [0.1, 0.15) is 354 Å². The van der Waals surface area contributed by atoms with Crippen LogP contribution in [0.25, 0.3) is 0 Å². The Bertz CT molecular complexity index is 1260. The van der Waals surface area contributed by atoms with Gasteiger partial charge in [0.25, 0.3) is 0 Å². The van der Waals surface area contributed by atoms with Crippen LogP contribution in [0.4, 0.5) is 0 Å². The van der Waals surface area contributed by atoms with Crippen molar-refractivity contribution in [2.45, 2.75) is 366 Å². The normalized spacial score (nSPS) is 12.9. The quantitative estimate of drug-likeness (QED) is 0.0320. The number of carbonyl (C=O) groups is 2. The SMILES string of the molecule is CCCCC/C=C\C/C=C\CCCCCCCCCCCC(=O)OCCCCC/C=C\C/C=C\CCCCCCCCCC(=O)NC(CO)C(O)CCCCCCCCCCCCCCCCCCCCCCCC. The summed E-state index contributed by atoms with van der Waals surface area (Å²) in [5.41, 5.74) is 0. The molecule has 2 atom stereocenters. The first-order chi connectivity index (χ1) is 37.0. The van der Waals surface area contributed by atoms with E-state index in [0.717, 1.165) is 89.9 Å². The lowest BCUT2D eigenvalue weighted by Crippen LogP contribution is -2.45. The molecular weight excluding hydrogens is 923 g/mol. The van der Waals surface area contributed by atoms with E-state index >= 15 is 0 Å². The Morgan fingerprint density at radius 3 is 1.04 bits per heavy atom. The Labute approximate surface area is 467 Å². The maximum atomic E-state index is 12.5. The number of hydrogen-bond acceptors (Lipinski definition) is 5. The van der Waals surface area contributed by atoms with Gasteiger partial charge in [-0.25, -0.2) is 0 Å². The van der Waals surface area contributed by atoms with Crippen molar-refractivity contribution >= 4 is 11.9 Å². The number of aliphatic hydroxyl groups is 2. The lowest BCUT2D eigenvalue weighted by Gasteiger charge is -2.22. The second-order valence-electron chi connectivity index (χ2n) is 22.8. The van der Waals surface area contributed by atoms with Crippen LogP contribution in [0.3, 0.4) is 0 Å². The number of carbonyl (C=O) groups excluding carboxylic acids is 2. The zero-order chi connectivity index (χ0) is 54.3. The third-order valence-electron chi connectivity index (χ3n) is 15.4. The van der Waals surface area contributed by atoms with Crippen molar-refractivity contribution in [3.8, 4) is 0 Å². The zero-order valence-electron chi connectivity index (χ0n) is 50.3. The van der Waals surface area contributed by atoms with Crippen molar-refractivity contribution in [1.29, 1.82) is 0 Å². The van der Waals surface area contributed by atoms with Crippen LogP contribution in [0.2, 0.25) is 0 Å². The fraction of sp³-hybridized carbons (Fsp3) is 0.855. The molecule has 440 valence electrons. The van der Waals surface area contributed by atoms with Gasteiger partial charge in [0.2, 0.25) is 5.91 Å². The highest BCUT2D eigenvalue weighted by molar-refractivity contribution is 5.76. The van der Waals surface area contributed by atoms with E-state index in [1.165, 1.54) is 231 Å². The summed E-state index contributed by atoms with van der Waals surface area (Å²) < 4.78 is 5.47. The summed E-state index contributed by atoms with van der Waals surface area (Å²) >= 11 is 0. The van der Waals surface area contributed by atoms with E-state index in [1.807, 2.05) is 0 Å². The molecule has 0 aliphatic carbocycles. The number of unbranched alkanes of at least 4 members (excludes halogenated alkanes) is 43. The number of ether oxygens (including phenoxy) is 1. The molecule has 0 fully saturated rings. The van der Waals surface area contributed by atoms with Gasteiger partial charge in [-0.15, -0.1) is 0 Å². The van der Waals surface area contributed by atoms with Gasteiger partial charge in [0.05, 0.1) is 25.4 Å². The predicted molar refractivity (Wildman–Crippen MR) is 329 cm³/mol. The molecule has 6 nitrogen and oxygen atoms in total. The fourth-order valence-electron chi connectivity index (χ4n) is 10.2. The average Bonchev–Trinajstić information content (AvgIpc) is 3.41. The molecule has 0 aliphatic rings. The van der Waals surface area contributed by atoms with Gasteiger partial charge in [0.15, 0.2) is 0 Å². The number of hydrogen-bond donors (Lipinski definition) is 3. The van der Waals surface area contributed by atoms with Gasteiger partial charge in [-0.2, -0.15) is 0 Å². The van der Waals surface area contributed by atoms with E-state index in [-0.39, 0.29) is 18.5 Å². The predicted octanol–water partition coefficient (Wildman–Crippen LogP) is 21.3. The molecule has 0 aromatic rings. The van der Waals surface area contributed by atoms with E-state index in [2.05, 4.69) is 67.8 Å². The summed E-state index contributed by atoms with van der Waals surface area (Å²) in [6.45, 7) is 4.91. The molecule has 2 unspecified atom stereocenters.